The minimum absolute atomic E-state index is 0.0666. The third-order valence-electron chi connectivity index (χ3n) is 4.46. The summed E-state index contributed by atoms with van der Waals surface area (Å²) in [4.78, 5) is 0. The van der Waals surface area contributed by atoms with E-state index in [2.05, 4.69) is 6.92 Å². The minimum Gasteiger partial charge on any atom is -0.353 e. The van der Waals surface area contributed by atoms with Crippen LogP contribution in [0.25, 0.3) is 0 Å². The molecule has 2 N–H and O–H groups in total. The zero-order chi connectivity index (χ0) is 14.5. The van der Waals surface area contributed by atoms with Gasteiger partial charge in [0, 0.05) is 0 Å². The molecule has 2 atom stereocenters. The smallest absolute Gasteiger partial charge is 0.132 e. The maximum absolute atomic E-state index is 5.60. The summed E-state index contributed by atoms with van der Waals surface area (Å²) in [5.41, 5.74) is 5.60. The Balaban J connectivity index is 1.62. The average molecular weight is 283 g/mol. The largest absolute Gasteiger partial charge is 0.353 e. The van der Waals surface area contributed by atoms with Gasteiger partial charge in [0.1, 0.15) is 6.23 Å². The normalized spacial score (nSPS) is 21.3. The molecule has 20 heavy (non-hydrogen) atoms. The quantitative estimate of drug-likeness (QED) is 0.316. The average Bonchev–Trinajstić information content (AvgIpc) is 3.15. The molecule has 0 radical (unpaired) electrons. The van der Waals surface area contributed by atoms with Gasteiger partial charge >= 0.3 is 0 Å². The SMILES string of the molecule is CCCCCCCCCCCCCCCCC1OC1N. The molecule has 2 nitrogen and oxygen atoms in total. The molecule has 0 aromatic carbocycles. The molecule has 0 saturated carbocycles. The van der Waals surface area contributed by atoms with Crippen molar-refractivity contribution in [3.8, 4) is 0 Å². The summed E-state index contributed by atoms with van der Waals surface area (Å²) < 4.78 is 5.21. The summed E-state index contributed by atoms with van der Waals surface area (Å²) in [5, 5.41) is 0. The first-order valence-corrected chi connectivity index (χ1v) is 9.25. The van der Waals surface area contributed by atoms with E-state index >= 15 is 0 Å². The van der Waals surface area contributed by atoms with E-state index in [0.29, 0.717) is 6.10 Å². The Hall–Kier alpha value is -0.0800. The summed E-state index contributed by atoms with van der Waals surface area (Å²) in [6.45, 7) is 2.29. The van der Waals surface area contributed by atoms with Gasteiger partial charge in [-0.1, -0.05) is 96.8 Å². The van der Waals surface area contributed by atoms with E-state index < -0.39 is 0 Å². The van der Waals surface area contributed by atoms with Gasteiger partial charge in [-0.2, -0.15) is 0 Å². The Morgan fingerprint density at radius 1 is 0.650 bits per heavy atom. The fourth-order valence-electron chi connectivity index (χ4n) is 2.93. The molecule has 0 aromatic rings. The highest BCUT2D eigenvalue weighted by molar-refractivity contribution is 4.78. The Kier molecular flexibility index (Phi) is 11.4. The first-order chi connectivity index (χ1) is 9.84. The fourth-order valence-corrected chi connectivity index (χ4v) is 2.93. The van der Waals surface area contributed by atoms with Gasteiger partial charge in [0.05, 0.1) is 6.10 Å². The number of hydrogen-bond acceptors (Lipinski definition) is 2. The van der Waals surface area contributed by atoms with Crippen molar-refractivity contribution in [3.63, 3.8) is 0 Å². The van der Waals surface area contributed by atoms with Gasteiger partial charge in [-0.15, -0.1) is 0 Å². The van der Waals surface area contributed by atoms with Crippen LogP contribution in [0.3, 0.4) is 0 Å². The van der Waals surface area contributed by atoms with E-state index in [1.807, 2.05) is 0 Å². The minimum atomic E-state index is 0.0666. The number of epoxide rings is 1. The molecule has 0 aliphatic carbocycles. The van der Waals surface area contributed by atoms with Gasteiger partial charge in [-0.3, -0.25) is 0 Å². The second kappa shape index (κ2) is 12.6. The summed E-state index contributed by atoms with van der Waals surface area (Å²) in [7, 11) is 0. The van der Waals surface area contributed by atoms with Crippen LogP contribution in [0.4, 0.5) is 0 Å². The molecule has 0 spiro atoms. The Bertz CT molecular complexity index is 208. The summed E-state index contributed by atoms with van der Waals surface area (Å²) >= 11 is 0. The second-order valence-electron chi connectivity index (χ2n) is 6.52. The molecule has 1 aliphatic rings. The molecule has 1 saturated heterocycles. The predicted octanol–water partition coefficient (Wildman–Crippen LogP) is 5.54. The topological polar surface area (TPSA) is 38.5 Å². The van der Waals surface area contributed by atoms with Crippen molar-refractivity contribution in [2.45, 2.75) is 116 Å². The van der Waals surface area contributed by atoms with Gasteiger partial charge in [-0.25, -0.2) is 0 Å². The Morgan fingerprint density at radius 2 is 1.00 bits per heavy atom. The van der Waals surface area contributed by atoms with Crippen LogP contribution in [-0.2, 0) is 4.74 Å². The number of hydrogen-bond donors (Lipinski definition) is 1. The van der Waals surface area contributed by atoms with Crippen LogP contribution in [0.15, 0.2) is 0 Å². The summed E-state index contributed by atoms with van der Waals surface area (Å²) in [6.07, 6.45) is 21.6. The highest BCUT2D eigenvalue weighted by Crippen LogP contribution is 2.23. The van der Waals surface area contributed by atoms with Gasteiger partial charge in [0.25, 0.3) is 0 Å². The van der Waals surface area contributed by atoms with Crippen molar-refractivity contribution in [3.05, 3.63) is 0 Å². The first kappa shape index (κ1) is 18.0. The third kappa shape index (κ3) is 10.7. The number of nitrogens with two attached hydrogens (primary N) is 1. The molecule has 1 aliphatic heterocycles. The van der Waals surface area contributed by atoms with Gasteiger partial charge in [0.2, 0.25) is 0 Å². The third-order valence-corrected chi connectivity index (χ3v) is 4.46. The molecular weight excluding hydrogens is 246 g/mol. The second-order valence-corrected chi connectivity index (χ2v) is 6.52. The molecule has 2 unspecified atom stereocenters. The lowest BCUT2D eigenvalue weighted by molar-refractivity contribution is 0.360. The van der Waals surface area contributed by atoms with Crippen molar-refractivity contribution < 1.29 is 4.74 Å². The van der Waals surface area contributed by atoms with E-state index in [0.717, 1.165) is 0 Å². The number of ether oxygens (including phenoxy) is 1. The molecule has 1 rings (SSSR count). The van der Waals surface area contributed by atoms with Crippen LogP contribution in [0.5, 0.6) is 0 Å². The molecule has 1 heterocycles. The lowest BCUT2D eigenvalue weighted by Crippen LogP contribution is -2.04. The molecule has 0 amide bonds. The van der Waals surface area contributed by atoms with Crippen LogP contribution in [0.2, 0.25) is 0 Å². The lowest BCUT2D eigenvalue weighted by atomic mass is 10.0. The Labute approximate surface area is 126 Å². The van der Waals surface area contributed by atoms with Crippen LogP contribution >= 0.6 is 0 Å². The zero-order valence-electron chi connectivity index (χ0n) is 13.7. The highest BCUT2D eigenvalue weighted by atomic mass is 16.6. The standard InChI is InChI=1S/C18H37NO/c1-2-3-4-5-6-7-8-9-10-11-12-13-14-15-16-17-18(19)20-17/h17-18H,2-16,19H2,1H3. The van der Waals surface area contributed by atoms with Crippen LogP contribution in [0.1, 0.15) is 103 Å². The monoisotopic (exact) mass is 283 g/mol. The van der Waals surface area contributed by atoms with E-state index in [4.69, 9.17) is 10.5 Å². The van der Waals surface area contributed by atoms with Crippen molar-refractivity contribution in [2.75, 3.05) is 0 Å². The molecule has 0 bridgehead atoms. The van der Waals surface area contributed by atoms with Crippen LogP contribution < -0.4 is 5.73 Å². The van der Waals surface area contributed by atoms with Crippen LogP contribution in [0, 0.1) is 0 Å². The van der Waals surface area contributed by atoms with Crippen molar-refractivity contribution in [1.82, 2.24) is 0 Å². The Morgan fingerprint density at radius 3 is 1.35 bits per heavy atom. The molecule has 120 valence electrons. The van der Waals surface area contributed by atoms with E-state index in [1.165, 1.54) is 96.3 Å². The van der Waals surface area contributed by atoms with Gasteiger partial charge in [0.15, 0.2) is 0 Å². The predicted molar refractivity (Wildman–Crippen MR) is 87.8 cm³/mol. The van der Waals surface area contributed by atoms with Crippen LogP contribution in [-0.4, -0.2) is 12.3 Å². The van der Waals surface area contributed by atoms with Crippen molar-refractivity contribution in [1.29, 1.82) is 0 Å². The molecule has 1 fully saturated rings. The van der Waals surface area contributed by atoms with E-state index in [1.54, 1.807) is 0 Å². The zero-order valence-corrected chi connectivity index (χ0v) is 13.7. The number of unbranched alkanes of at least 4 members (excludes halogenated alkanes) is 13. The molecule has 2 heteroatoms. The molecular formula is C18H37NO. The highest BCUT2D eigenvalue weighted by Gasteiger charge is 2.33. The van der Waals surface area contributed by atoms with Gasteiger partial charge in [-0.05, 0) is 6.42 Å². The van der Waals surface area contributed by atoms with Gasteiger partial charge < -0.3 is 10.5 Å². The number of rotatable bonds is 15. The first-order valence-electron chi connectivity index (χ1n) is 9.25. The van der Waals surface area contributed by atoms with Crippen molar-refractivity contribution in [2.24, 2.45) is 5.73 Å². The summed E-state index contributed by atoms with van der Waals surface area (Å²) in [5.74, 6) is 0. The molecule has 0 aromatic heterocycles. The maximum atomic E-state index is 5.60. The van der Waals surface area contributed by atoms with E-state index in [-0.39, 0.29) is 6.23 Å². The maximum Gasteiger partial charge on any atom is 0.132 e. The van der Waals surface area contributed by atoms with E-state index in [9.17, 15) is 0 Å². The lowest BCUT2D eigenvalue weighted by Gasteiger charge is -2.03. The fraction of sp³-hybridized carbons (Fsp3) is 1.00. The van der Waals surface area contributed by atoms with Crippen molar-refractivity contribution >= 4 is 0 Å². The summed E-state index contributed by atoms with van der Waals surface area (Å²) in [6, 6.07) is 0.